The average molecular weight is 278 g/mol. The van der Waals surface area contributed by atoms with Gasteiger partial charge in [-0.1, -0.05) is 15.9 Å². The Hall–Kier alpha value is -1.55. The van der Waals surface area contributed by atoms with E-state index in [4.69, 9.17) is 5.73 Å². The first-order chi connectivity index (χ1) is 7.65. The molecule has 4 heteroatoms. The van der Waals surface area contributed by atoms with Gasteiger partial charge in [0.15, 0.2) is 0 Å². The predicted molar refractivity (Wildman–Crippen MR) is 70.8 cm³/mol. The van der Waals surface area contributed by atoms with Crippen LogP contribution in [0.2, 0.25) is 0 Å². The van der Waals surface area contributed by atoms with Crippen LogP contribution in [-0.2, 0) is 0 Å². The monoisotopic (exact) mass is 277 g/mol. The number of nitrogens with one attached hydrogen (secondary N) is 1. The Labute approximate surface area is 103 Å². The number of pyridine rings is 1. The van der Waals surface area contributed by atoms with Gasteiger partial charge in [0.05, 0.1) is 0 Å². The zero-order valence-electron chi connectivity index (χ0n) is 8.87. The van der Waals surface area contributed by atoms with E-state index in [1.54, 1.807) is 12.3 Å². The highest BCUT2D eigenvalue weighted by Crippen LogP contribution is 2.23. The number of nitrogen functional groups attached to an aromatic ring is 1. The third-order valence-electron chi connectivity index (χ3n) is 2.24. The van der Waals surface area contributed by atoms with Crippen molar-refractivity contribution in [3.8, 4) is 0 Å². The minimum Gasteiger partial charge on any atom is -0.399 e. The number of benzene rings is 1. The average Bonchev–Trinajstić information content (AvgIpc) is 2.22. The number of aromatic nitrogens is 1. The summed E-state index contributed by atoms with van der Waals surface area (Å²) in [6.07, 6.45) is 1.69. The molecule has 0 saturated carbocycles. The minimum atomic E-state index is 0.701. The minimum absolute atomic E-state index is 0.701. The number of rotatable bonds is 2. The molecule has 3 N–H and O–H groups in total. The molecule has 0 bridgehead atoms. The van der Waals surface area contributed by atoms with Gasteiger partial charge in [0.2, 0.25) is 0 Å². The summed E-state index contributed by atoms with van der Waals surface area (Å²) >= 11 is 3.43. The summed E-state index contributed by atoms with van der Waals surface area (Å²) in [5.41, 5.74) is 8.57. The fourth-order valence-electron chi connectivity index (χ4n) is 1.42. The Morgan fingerprint density at radius 1 is 1.25 bits per heavy atom. The van der Waals surface area contributed by atoms with Gasteiger partial charge in [0, 0.05) is 28.1 Å². The van der Waals surface area contributed by atoms with Crippen LogP contribution in [0, 0.1) is 6.92 Å². The molecule has 0 saturated heterocycles. The lowest BCUT2D eigenvalue weighted by Crippen LogP contribution is -1.96. The number of hydrogen-bond donors (Lipinski definition) is 2. The maximum absolute atomic E-state index is 5.69. The van der Waals surface area contributed by atoms with Crippen molar-refractivity contribution < 1.29 is 0 Å². The zero-order valence-corrected chi connectivity index (χ0v) is 10.5. The third kappa shape index (κ3) is 2.52. The quantitative estimate of drug-likeness (QED) is 0.884. The summed E-state index contributed by atoms with van der Waals surface area (Å²) < 4.78 is 1.07. The fraction of sp³-hybridized carbons (Fsp3) is 0.0833. The molecule has 16 heavy (non-hydrogen) atoms. The molecule has 0 unspecified atom stereocenters. The van der Waals surface area contributed by atoms with Crippen molar-refractivity contribution in [2.45, 2.75) is 6.92 Å². The second-order valence-electron chi connectivity index (χ2n) is 3.56. The molecule has 3 nitrogen and oxygen atoms in total. The largest absolute Gasteiger partial charge is 0.399 e. The lowest BCUT2D eigenvalue weighted by Gasteiger charge is -2.09. The van der Waals surface area contributed by atoms with Crippen molar-refractivity contribution in [2.24, 2.45) is 0 Å². The smallest absolute Gasteiger partial charge is 0.132 e. The fourth-order valence-corrected chi connectivity index (χ4v) is 1.90. The highest BCUT2D eigenvalue weighted by molar-refractivity contribution is 9.10. The Bertz CT molecular complexity index is 511. The van der Waals surface area contributed by atoms with Gasteiger partial charge in [0.25, 0.3) is 0 Å². The second kappa shape index (κ2) is 4.53. The van der Waals surface area contributed by atoms with Gasteiger partial charge in [-0.15, -0.1) is 0 Å². The Balaban J connectivity index is 2.27. The summed E-state index contributed by atoms with van der Waals surface area (Å²) in [6.45, 7) is 2.04. The standard InChI is InChI=1S/C12H12BrN3/c1-8-6-9(13)2-3-11(8)16-12-7-10(14)4-5-15-12/h2-7H,1H3,(H3,14,15,16). The lowest BCUT2D eigenvalue weighted by molar-refractivity contribution is 1.30. The molecule has 0 amide bonds. The highest BCUT2D eigenvalue weighted by Gasteiger charge is 2.00. The Morgan fingerprint density at radius 3 is 2.75 bits per heavy atom. The Kier molecular flexibility index (Phi) is 3.10. The summed E-state index contributed by atoms with van der Waals surface area (Å²) in [4.78, 5) is 4.20. The SMILES string of the molecule is Cc1cc(Br)ccc1Nc1cc(N)ccn1. The molecule has 1 aromatic carbocycles. The molecule has 0 radical (unpaired) electrons. The summed E-state index contributed by atoms with van der Waals surface area (Å²) in [5, 5.41) is 3.23. The van der Waals surface area contributed by atoms with Crippen LogP contribution in [0.4, 0.5) is 17.2 Å². The van der Waals surface area contributed by atoms with Crippen molar-refractivity contribution in [3.05, 3.63) is 46.6 Å². The van der Waals surface area contributed by atoms with E-state index in [2.05, 4.69) is 32.3 Å². The van der Waals surface area contributed by atoms with Gasteiger partial charge in [-0.2, -0.15) is 0 Å². The predicted octanol–water partition coefficient (Wildman–Crippen LogP) is 3.48. The van der Waals surface area contributed by atoms with E-state index in [9.17, 15) is 0 Å². The van der Waals surface area contributed by atoms with Gasteiger partial charge < -0.3 is 11.1 Å². The number of nitrogens with two attached hydrogens (primary N) is 1. The van der Waals surface area contributed by atoms with E-state index >= 15 is 0 Å². The number of nitrogens with zero attached hydrogens (tertiary/aromatic N) is 1. The molecule has 0 aliphatic rings. The molecule has 0 spiro atoms. The summed E-state index contributed by atoms with van der Waals surface area (Å²) in [6, 6.07) is 9.61. The highest BCUT2D eigenvalue weighted by atomic mass is 79.9. The van der Waals surface area contributed by atoms with Gasteiger partial charge >= 0.3 is 0 Å². The van der Waals surface area contributed by atoms with Crippen LogP contribution in [0.1, 0.15) is 5.56 Å². The van der Waals surface area contributed by atoms with Crippen molar-refractivity contribution >= 4 is 33.1 Å². The normalized spacial score (nSPS) is 10.1. The van der Waals surface area contributed by atoms with E-state index in [0.29, 0.717) is 5.69 Å². The molecule has 1 aromatic heterocycles. The number of anilines is 3. The number of halogens is 1. The van der Waals surface area contributed by atoms with Crippen molar-refractivity contribution in [1.82, 2.24) is 4.98 Å². The second-order valence-corrected chi connectivity index (χ2v) is 4.47. The van der Waals surface area contributed by atoms with Crippen molar-refractivity contribution in [3.63, 3.8) is 0 Å². The first kappa shape index (κ1) is 11.0. The first-order valence-corrected chi connectivity index (χ1v) is 5.69. The summed E-state index contributed by atoms with van der Waals surface area (Å²) in [7, 11) is 0. The van der Waals surface area contributed by atoms with Gasteiger partial charge in [-0.3, -0.25) is 0 Å². The molecule has 2 aromatic rings. The first-order valence-electron chi connectivity index (χ1n) is 4.90. The van der Waals surface area contributed by atoms with Crippen LogP contribution < -0.4 is 11.1 Å². The van der Waals surface area contributed by atoms with E-state index in [1.165, 1.54) is 0 Å². The third-order valence-corrected chi connectivity index (χ3v) is 2.73. The van der Waals surface area contributed by atoms with Crippen molar-refractivity contribution in [2.75, 3.05) is 11.1 Å². The number of hydrogen-bond acceptors (Lipinski definition) is 3. The van der Waals surface area contributed by atoms with Crippen LogP contribution in [-0.4, -0.2) is 4.98 Å². The molecule has 0 aliphatic heterocycles. The van der Waals surface area contributed by atoms with E-state index in [1.807, 2.05) is 25.1 Å². The maximum atomic E-state index is 5.69. The van der Waals surface area contributed by atoms with E-state index in [0.717, 1.165) is 21.5 Å². The van der Waals surface area contributed by atoms with Gasteiger partial charge in [-0.25, -0.2) is 4.98 Å². The molecule has 1 heterocycles. The topological polar surface area (TPSA) is 50.9 Å². The van der Waals surface area contributed by atoms with Crippen molar-refractivity contribution in [1.29, 1.82) is 0 Å². The molecule has 82 valence electrons. The van der Waals surface area contributed by atoms with E-state index < -0.39 is 0 Å². The molecule has 0 aliphatic carbocycles. The lowest BCUT2D eigenvalue weighted by atomic mass is 10.2. The number of aryl methyl sites for hydroxylation is 1. The van der Waals surface area contributed by atoms with Gasteiger partial charge in [0.1, 0.15) is 5.82 Å². The van der Waals surface area contributed by atoms with Gasteiger partial charge in [-0.05, 0) is 36.8 Å². The molecule has 0 fully saturated rings. The van der Waals surface area contributed by atoms with Crippen LogP contribution in [0.3, 0.4) is 0 Å². The maximum Gasteiger partial charge on any atom is 0.132 e. The molecular weight excluding hydrogens is 266 g/mol. The van der Waals surface area contributed by atoms with E-state index in [-0.39, 0.29) is 0 Å². The summed E-state index contributed by atoms with van der Waals surface area (Å²) in [5.74, 6) is 0.755. The van der Waals surface area contributed by atoms with Crippen LogP contribution in [0.15, 0.2) is 41.0 Å². The zero-order chi connectivity index (χ0) is 11.5. The van der Waals surface area contributed by atoms with Crippen LogP contribution in [0.25, 0.3) is 0 Å². The molecule has 2 rings (SSSR count). The Morgan fingerprint density at radius 2 is 2.06 bits per heavy atom. The van der Waals surface area contributed by atoms with Crippen LogP contribution in [0.5, 0.6) is 0 Å². The molecule has 0 atom stereocenters. The molecular formula is C12H12BrN3. The van der Waals surface area contributed by atoms with Crippen LogP contribution >= 0.6 is 15.9 Å².